The zero-order valence-electron chi connectivity index (χ0n) is 9.77. The molecule has 0 bridgehead atoms. The van der Waals surface area contributed by atoms with Crippen LogP contribution in [0.4, 0.5) is 13.2 Å². The van der Waals surface area contributed by atoms with E-state index in [1.54, 1.807) is 19.1 Å². The van der Waals surface area contributed by atoms with Crippen molar-refractivity contribution in [1.29, 1.82) is 0 Å². The first-order valence-electron chi connectivity index (χ1n) is 5.76. The van der Waals surface area contributed by atoms with E-state index in [4.69, 9.17) is 5.73 Å². The quantitative estimate of drug-likeness (QED) is 0.802. The summed E-state index contributed by atoms with van der Waals surface area (Å²) in [5.74, 6) is -3.04. The molecular weight excluding hydrogens is 227 g/mol. The van der Waals surface area contributed by atoms with Gasteiger partial charge in [-0.2, -0.15) is 0 Å². The lowest BCUT2D eigenvalue weighted by Crippen LogP contribution is -2.44. The van der Waals surface area contributed by atoms with Gasteiger partial charge in [0.25, 0.3) is 0 Å². The molecule has 2 N–H and O–H groups in total. The summed E-state index contributed by atoms with van der Waals surface area (Å²) in [7, 11) is 0. The summed E-state index contributed by atoms with van der Waals surface area (Å²) in [4.78, 5) is 0. The van der Waals surface area contributed by atoms with Crippen molar-refractivity contribution in [2.24, 2.45) is 5.73 Å². The molecule has 0 radical (unpaired) electrons. The minimum absolute atomic E-state index is 0.125. The second-order valence-electron chi connectivity index (χ2n) is 5.00. The van der Waals surface area contributed by atoms with Crippen LogP contribution < -0.4 is 5.73 Å². The Balaban J connectivity index is 2.27. The maximum absolute atomic E-state index is 13.8. The standard InChI is InChI=1S/C13H16F3N/c1-9-2-3-10(11(14)8-9)12(17)4-6-13(15,16)7-5-12/h2-3,8H,4-7,17H2,1H3. The van der Waals surface area contributed by atoms with Gasteiger partial charge in [0, 0.05) is 23.9 Å². The van der Waals surface area contributed by atoms with Crippen LogP contribution in [-0.4, -0.2) is 5.92 Å². The molecule has 0 spiro atoms. The van der Waals surface area contributed by atoms with Crippen molar-refractivity contribution >= 4 is 0 Å². The first kappa shape index (κ1) is 12.4. The fraction of sp³-hybridized carbons (Fsp3) is 0.538. The molecule has 1 aliphatic rings. The molecule has 0 heterocycles. The molecule has 1 aliphatic carbocycles. The Morgan fingerprint density at radius 1 is 1.12 bits per heavy atom. The van der Waals surface area contributed by atoms with E-state index in [0.29, 0.717) is 5.56 Å². The molecule has 2 rings (SSSR count). The van der Waals surface area contributed by atoms with Gasteiger partial charge >= 0.3 is 0 Å². The Hall–Kier alpha value is -1.03. The van der Waals surface area contributed by atoms with Gasteiger partial charge in [-0.1, -0.05) is 12.1 Å². The van der Waals surface area contributed by atoms with E-state index in [1.807, 2.05) is 0 Å². The molecule has 94 valence electrons. The highest BCUT2D eigenvalue weighted by Crippen LogP contribution is 2.42. The van der Waals surface area contributed by atoms with Gasteiger partial charge in [-0.15, -0.1) is 0 Å². The third-order valence-electron chi connectivity index (χ3n) is 3.53. The minimum Gasteiger partial charge on any atom is -0.321 e. The zero-order chi connectivity index (χ0) is 12.7. The molecule has 17 heavy (non-hydrogen) atoms. The number of aryl methyl sites for hydroxylation is 1. The fourth-order valence-corrected chi connectivity index (χ4v) is 2.36. The highest BCUT2D eigenvalue weighted by molar-refractivity contribution is 5.30. The van der Waals surface area contributed by atoms with Gasteiger partial charge in [-0.3, -0.25) is 0 Å². The second-order valence-corrected chi connectivity index (χ2v) is 5.00. The molecule has 1 nitrogen and oxygen atoms in total. The predicted octanol–water partition coefficient (Wildman–Crippen LogP) is 3.50. The zero-order valence-corrected chi connectivity index (χ0v) is 9.77. The molecule has 1 aromatic carbocycles. The predicted molar refractivity (Wildman–Crippen MR) is 60.4 cm³/mol. The minimum atomic E-state index is -2.65. The molecule has 1 aromatic rings. The Kier molecular flexibility index (Phi) is 2.94. The fourth-order valence-electron chi connectivity index (χ4n) is 2.36. The molecule has 1 saturated carbocycles. The SMILES string of the molecule is Cc1ccc(C2(N)CCC(F)(F)CC2)c(F)c1. The molecule has 0 atom stereocenters. The number of benzene rings is 1. The largest absolute Gasteiger partial charge is 0.321 e. The molecular formula is C13H16F3N. The lowest BCUT2D eigenvalue weighted by Gasteiger charge is -2.37. The number of halogens is 3. The van der Waals surface area contributed by atoms with E-state index < -0.39 is 17.3 Å². The highest BCUT2D eigenvalue weighted by atomic mass is 19.3. The summed E-state index contributed by atoms with van der Waals surface area (Å²) < 4.78 is 40.0. The second kappa shape index (κ2) is 4.02. The van der Waals surface area contributed by atoms with Crippen molar-refractivity contribution in [2.75, 3.05) is 0 Å². The highest BCUT2D eigenvalue weighted by Gasteiger charge is 2.43. The average molecular weight is 243 g/mol. The summed E-state index contributed by atoms with van der Waals surface area (Å²) in [6, 6.07) is 4.78. The van der Waals surface area contributed by atoms with Crippen LogP contribution in [0.5, 0.6) is 0 Å². The third-order valence-corrected chi connectivity index (χ3v) is 3.53. The van der Waals surface area contributed by atoms with Gasteiger partial charge in [-0.05, 0) is 31.4 Å². The molecule has 0 saturated heterocycles. The van der Waals surface area contributed by atoms with Crippen LogP contribution in [0.1, 0.15) is 36.8 Å². The van der Waals surface area contributed by atoms with Gasteiger partial charge in [0.1, 0.15) is 5.82 Å². The number of hydrogen-bond donors (Lipinski definition) is 1. The van der Waals surface area contributed by atoms with Crippen molar-refractivity contribution in [1.82, 2.24) is 0 Å². The lowest BCUT2D eigenvalue weighted by molar-refractivity contribution is -0.0518. The van der Waals surface area contributed by atoms with Crippen molar-refractivity contribution < 1.29 is 13.2 Å². The monoisotopic (exact) mass is 243 g/mol. The molecule has 0 amide bonds. The average Bonchev–Trinajstić information content (AvgIpc) is 2.23. The van der Waals surface area contributed by atoms with E-state index in [0.717, 1.165) is 5.56 Å². The molecule has 0 aliphatic heterocycles. The van der Waals surface area contributed by atoms with E-state index in [2.05, 4.69) is 0 Å². The first-order chi connectivity index (χ1) is 7.82. The number of rotatable bonds is 1. The van der Waals surface area contributed by atoms with E-state index in [9.17, 15) is 13.2 Å². The van der Waals surface area contributed by atoms with Crippen molar-refractivity contribution in [3.8, 4) is 0 Å². The maximum Gasteiger partial charge on any atom is 0.248 e. The summed E-state index contributed by atoms with van der Waals surface area (Å²) in [6.45, 7) is 1.78. The Morgan fingerprint density at radius 2 is 1.71 bits per heavy atom. The lowest BCUT2D eigenvalue weighted by atomic mass is 9.75. The van der Waals surface area contributed by atoms with Crippen molar-refractivity contribution in [3.63, 3.8) is 0 Å². The number of nitrogens with two attached hydrogens (primary N) is 1. The van der Waals surface area contributed by atoms with E-state index in [1.165, 1.54) is 6.07 Å². The summed E-state index contributed by atoms with van der Waals surface area (Å²) in [5.41, 5.74) is 6.30. The summed E-state index contributed by atoms with van der Waals surface area (Å²) >= 11 is 0. The van der Waals surface area contributed by atoms with Crippen LogP contribution in [0.3, 0.4) is 0 Å². The normalized spacial score (nSPS) is 22.4. The summed E-state index contributed by atoms with van der Waals surface area (Å²) in [5, 5.41) is 0. The smallest absolute Gasteiger partial charge is 0.248 e. The molecule has 4 heteroatoms. The molecule has 0 unspecified atom stereocenters. The van der Waals surface area contributed by atoms with Crippen LogP contribution in [0, 0.1) is 12.7 Å². The van der Waals surface area contributed by atoms with Crippen LogP contribution in [0.15, 0.2) is 18.2 Å². The van der Waals surface area contributed by atoms with Gasteiger partial charge in [0.2, 0.25) is 5.92 Å². The van der Waals surface area contributed by atoms with E-state index in [-0.39, 0.29) is 25.7 Å². The number of hydrogen-bond acceptors (Lipinski definition) is 1. The van der Waals surface area contributed by atoms with Crippen molar-refractivity contribution in [2.45, 2.75) is 44.1 Å². The third kappa shape index (κ3) is 2.46. The van der Waals surface area contributed by atoms with Gasteiger partial charge in [-0.25, -0.2) is 13.2 Å². The Morgan fingerprint density at radius 3 is 2.24 bits per heavy atom. The topological polar surface area (TPSA) is 26.0 Å². The van der Waals surface area contributed by atoms with Crippen LogP contribution in [-0.2, 0) is 5.54 Å². The molecule has 1 fully saturated rings. The molecule has 0 aromatic heterocycles. The van der Waals surface area contributed by atoms with Crippen molar-refractivity contribution in [3.05, 3.63) is 35.1 Å². The summed E-state index contributed by atoms with van der Waals surface area (Å²) in [6.07, 6.45) is -0.284. The van der Waals surface area contributed by atoms with E-state index >= 15 is 0 Å². The van der Waals surface area contributed by atoms with Gasteiger partial charge in [0.15, 0.2) is 0 Å². The Bertz CT molecular complexity index is 419. The Labute approximate surface area is 98.8 Å². The van der Waals surface area contributed by atoms with Crippen LogP contribution in [0.25, 0.3) is 0 Å². The maximum atomic E-state index is 13.8. The number of alkyl halides is 2. The van der Waals surface area contributed by atoms with Crippen LogP contribution >= 0.6 is 0 Å². The van der Waals surface area contributed by atoms with Gasteiger partial charge < -0.3 is 5.73 Å². The van der Waals surface area contributed by atoms with Crippen LogP contribution in [0.2, 0.25) is 0 Å². The van der Waals surface area contributed by atoms with Gasteiger partial charge in [0.05, 0.1) is 0 Å². The first-order valence-corrected chi connectivity index (χ1v) is 5.76.